The van der Waals surface area contributed by atoms with Crippen molar-refractivity contribution in [3.63, 3.8) is 0 Å². The molecule has 0 spiro atoms. The number of hydrogen-bond acceptors (Lipinski definition) is 6. The van der Waals surface area contributed by atoms with E-state index in [0.29, 0.717) is 12.0 Å². The molecule has 1 atom stereocenters. The molecule has 6 heteroatoms. The maximum atomic E-state index is 5.46. The topological polar surface area (TPSA) is 67.1 Å². The van der Waals surface area contributed by atoms with Crippen molar-refractivity contribution in [2.45, 2.75) is 32.2 Å². The second-order valence-corrected chi connectivity index (χ2v) is 5.45. The highest BCUT2D eigenvalue weighted by Gasteiger charge is 2.26. The van der Waals surface area contributed by atoms with Crippen molar-refractivity contribution in [1.29, 1.82) is 0 Å². The van der Waals surface area contributed by atoms with E-state index in [-0.39, 0.29) is 0 Å². The molecule has 0 aromatic carbocycles. The molecule has 3 N–H and O–H groups in total. The molecule has 1 aliphatic heterocycles. The Kier molecular flexibility index (Phi) is 3.05. The maximum Gasteiger partial charge on any atom is 0.240 e. The van der Waals surface area contributed by atoms with Crippen LogP contribution in [0, 0.1) is 0 Å². The average molecular weight is 263 g/mol. The van der Waals surface area contributed by atoms with Crippen LogP contribution in [0.4, 0.5) is 11.8 Å². The summed E-state index contributed by atoms with van der Waals surface area (Å²) in [6, 6.07) is 2.69. The Morgan fingerprint density at radius 3 is 3.22 bits per heavy atom. The molecule has 2 aromatic heterocycles. The zero-order chi connectivity index (χ0) is 12.5. The van der Waals surface area contributed by atoms with Gasteiger partial charge in [0.05, 0.1) is 5.39 Å². The highest BCUT2D eigenvalue weighted by molar-refractivity contribution is 7.16. The number of nitrogens with zero attached hydrogens (tertiary/aromatic N) is 3. The summed E-state index contributed by atoms with van der Waals surface area (Å²) in [5.74, 6) is 6.98. The van der Waals surface area contributed by atoms with Crippen molar-refractivity contribution in [3.8, 4) is 0 Å². The Morgan fingerprint density at radius 1 is 1.56 bits per heavy atom. The van der Waals surface area contributed by atoms with Crippen LogP contribution in [-0.4, -0.2) is 22.6 Å². The molecule has 1 saturated heterocycles. The lowest BCUT2D eigenvalue weighted by Crippen LogP contribution is -2.29. The summed E-state index contributed by atoms with van der Waals surface area (Å²) in [5.41, 5.74) is 2.56. The van der Waals surface area contributed by atoms with Crippen LogP contribution >= 0.6 is 11.3 Å². The summed E-state index contributed by atoms with van der Waals surface area (Å²) in [6.45, 7) is 3.31. The molecule has 1 fully saturated rings. The van der Waals surface area contributed by atoms with Gasteiger partial charge in [-0.15, -0.1) is 11.3 Å². The van der Waals surface area contributed by atoms with Crippen molar-refractivity contribution in [3.05, 3.63) is 11.4 Å². The first kappa shape index (κ1) is 11.7. The van der Waals surface area contributed by atoms with Crippen LogP contribution in [-0.2, 0) is 0 Å². The normalized spacial score (nSPS) is 19.7. The minimum Gasteiger partial charge on any atom is -0.353 e. The maximum absolute atomic E-state index is 5.46. The van der Waals surface area contributed by atoms with Gasteiger partial charge in [0.25, 0.3) is 0 Å². The van der Waals surface area contributed by atoms with E-state index in [2.05, 4.69) is 38.7 Å². The molecule has 1 aliphatic rings. The Balaban J connectivity index is 2.11. The first-order chi connectivity index (χ1) is 8.83. The minimum absolute atomic E-state index is 0.502. The summed E-state index contributed by atoms with van der Waals surface area (Å²) in [4.78, 5) is 12.3. The van der Waals surface area contributed by atoms with E-state index in [1.54, 1.807) is 11.3 Å². The molecule has 0 saturated carbocycles. The summed E-state index contributed by atoms with van der Waals surface area (Å²) < 4.78 is 0. The standard InChI is InChI=1S/C12H17N5S/c1-2-8-4-3-6-17(8)10-9-5-7-18-11(9)15-12(14-10)16-13/h5,7-8H,2-4,6,13H2,1H3,(H,14,15,16). The largest absolute Gasteiger partial charge is 0.353 e. The molecule has 96 valence electrons. The number of rotatable bonds is 3. The Hall–Kier alpha value is -1.40. The second-order valence-electron chi connectivity index (χ2n) is 4.55. The van der Waals surface area contributed by atoms with Gasteiger partial charge in [0.15, 0.2) is 0 Å². The van der Waals surface area contributed by atoms with Gasteiger partial charge in [-0.1, -0.05) is 6.92 Å². The van der Waals surface area contributed by atoms with Crippen molar-refractivity contribution in [2.75, 3.05) is 16.9 Å². The molecule has 0 radical (unpaired) electrons. The van der Waals surface area contributed by atoms with E-state index >= 15 is 0 Å². The number of hydrazine groups is 1. The van der Waals surface area contributed by atoms with Gasteiger partial charge in [-0.2, -0.15) is 4.98 Å². The van der Waals surface area contributed by atoms with Gasteiger partial charge in [-0.05, 0) is 30.7 Å². The predicted octanol–water partition coefficient (Wildman–Crippen LogP) is 2.36. The fraction of sp³-hybridized carbons (Fsp3) is 0.500. The van der Waals surface area contributed by atoms with E-state index in [0.717, 1.165) is 29.0 Å². The zero-order valence-electron chi connectivity index (χ0n) is 10.4. The molecule has 1 unspecified atom stereocenters. The van der Waals surface area contributed by atoms with Crippen molar-refractivity contribution >= 4 is 33.3 Å². The van der Waals surface area contributed by atoms with E-state index in [1.165, 1.54) is 12.8 Å². The van der Waals surface area contributed by atoms with Gasteiger partial charge >= 0.3 is 0 Å². The fourth-order valence-electron chi connectivity index (χ4n) is 2.66. The van der Waals surface area contributed by atoms with Crippen molar-refractivity contribution in [2.24, 2.45) is 5.84 Å². The monoisotopic (exact) mass is 263 g/mol. The van der Waals surface area contributed by atoms with Crippen LogP contribution in [0.25, 0.3) is 10.2 Å². The summed E-state index contributed by atoms with van der Waals surface area (Å²) in [7, 11) is 0. The number of hydrogen-bond donors (Lipinski definition) is 2. The summed E-state index contributed by atoms with van der Waals surface area (Å²) >= 11 is 1.63. The van der Waals surface area contributed by atoms with Crippen LogP contribution in [0.15, 0.2) is 11.4 Å². The third kappa shape index (κ3) is 1.81. The zero-order valence-corrected chi connectivity index (χ0v) is 11.2. The number of aromatic nitrogens is 2. The Labute approximate surface area is 110 Å². The van der Waals surface area contributed by atoms with Crippen LogP contribution in [0.5, 0.6) is 0 Å². The molecule has 3 rings (SSSR count). The SMILES string of the molecule is CCC1CCCN1c1nc(NN)nc2sccc12. The number of nitrogens with two attached hydrogens (primary N) is 1. The van der Waals surface area contributed by atoms with Crippen LogP contribution < -0.4 is 16.2 Å². The van der Waals surface area contributed by atoms with E-state index < -0.39 is 0 Å². The smallest absolute Gasteiger partial charge is 0.240 e. The van der Waals surface area contributed by atoms with Gasteiger partial charge in [0.1, 0.15) is 10.6 Å². The Morgan fingerprint density at radius 2 is 2.44 bits per heavy atom. The van der Waals surface area contributed by atoms with Gasteiger partial charge in [0, 0.05) is 12.6 Å². The van der Waals surface area contributed by atoms with Gasteiger partial charge in [-0.3, -0.25) is 5.43 Å². The Bertz CT molecular complexity index is 552. The third-order valence-corrected chi connectivity index (χ3v) is 4.36. The lowest BCUT2D eigenvalue weighted by Gasteiger charge is -2.25. The molecular weight excluding hydrogens is 246 g/mol. The van der Waals surface area contributed by atoms with Crippen LogP contribution in [0.3, 0.4) is 0 Å². The van der Waals surface area contributed by atoms with Gasteiger partial charge in [-0.25, -0.2) is 10.8 Å². The van der Waals surface area contributed by atoms with Crippen molar-refractivity contribution < 1.29 is 0 Å². The average Bonchev–Trinajstić information content (AvgIpc) is 3.05. The molecular formula is C12H17N5S. The molecule has 3 heterocycles. The molecule has 0 bridgehead atoms. The number of thiophene rings is 1. The molecule has 18 heavy (non-hydrogen) atoms. The van der Waals surface area contributed by atoms with Gasteiger partial charge < -0.3 is 4.90 Å². The highest BCUT2D eigenvalue weighted by atomic mass is 32.1. The summed E-state index contributed by atoms with van der Waals surface area (Å²) in [6.07, 6.45) is 3.64. The minimum atomic E-state index is 0.502. The molecule has 0 aliphatic carbocycles. The van der Waals surface area contributed by atoms with E-state index in [1.807, 2.05) is 0 Å². The molecule has 5 nitrogen and oxygen atoms in total. The quantitative estimate of drug-likeness (QED) is 0.657. The molecule has 2 aromatic rings. The highest BCUT2D eigenvalue weighted by Crippen LogP contribution is 2.33. The van der Waals surface area contributed by atoms with E-state index in [9.17, 15) is 0 Å². The van der Waals surface area contributed by atoms with Crippen molar-refractivity contribution in [1.82, 2.24) is 9.97 Å². The first-order valence-corrected chi connectivity index (χ1v) is 7.20. The lowest BCUT2D eigenvalue weighted by atomic mass is 10.1. The van der Waals surface area contributed by atoms with Crippen LogP contribution in [0.2, 0.25) is 0 Å². The molecule has 0 amide bonds. The lowest BCUT2D eigenvalue weighted by molar-refractivity contribution is 0.642. The number of nitrogen functional groups attached to an aromatic ring is 1. The third-order valence-electron chi connectivity index (χ3n) is 3.55. The number of anilines is 2. The number of nitrogens with one attached hydrogen (secondary N) is 1. The predicted molar refractivity (Wildman–Crippen MR) is 75.9 cm³/mol. The number of fused-ring (bicyclic) bond motifs is 1. The van der Waals surface area contributed by atoms with Crippen LogP contribution in [0.1, 0.15) is 26.2 Å². The summed E-state index contributed by atoms with van der Waals surface area (Å²) in [5, 5.41) is 3.19. The second kappa shape index (κ2) is 4.70. The van der Waals surface area contributed by atoms with Gasteiger partial charge in [0.2, 0.25) is 5.95 Å². The fourth-order valence-corrected chi connectivity index (χ4v) is 3.42. The van der Waals surface area contributed by atoms with E-state index in [4.69, 9.17) is 5.84 Å². The first-order valence-electron chi connectivity index (χ1n) is 6.32.